The molecule has 38 heavy (non-hydrogen) atoms. The minimum absolute atomic E-state index is 0.135. The lowest BCUT2D eigenvalue weighted by molar-refractivity contribution is -0.144. The molecule has 0 unspecified atom stereocenters. The van der Waals surface area contributed by atoms with E-state index in [1.807, 2.05) is 24.3 Å². The lowest BCUT2D eigenvalue weighted by atomic mass is 10.0. The quantitative estimate of drug-likeness (QED) is 0.137. The van der Waals surface area contributed by atoms with Gasteiger partial charge in [0.15, 0.2) is 0 Å². The van der Waals surface area contributed by atoms with Gasteiger partial charge in [0, 0.05) is 12.8 Å². The number of aromatic hydroxyl groups is 1. The first-order valence-electron chi connectivity index (χ1n) is 13.9. The van der Waals surface area contributed by atoms with Crippen LogP contribution in [-0.2, 0) is 19.1 Å². The Morgan fingerprint density at radius 2 is 1.00 bits per heavy atom. The molecule has 7 nitrogen and oxygen atoms in total. The van der Waals surface area contributed by atoms with Crippen molar-refractivity contribution in [3.8, 4) is 16.9 Å². The highest BCUT2D eigenvalue weighted by atomic mass is 16.5. The summed E-state index contributed by atoms with van der Waals surface area (Å²) < 4.78 is 10.7. The Labute approximate surface area is 226 Å². The normalized spacial score (nSPS) is 10.7. The van der Waals surface area contributed by atoms with Gasteiger partial charge in [0.25, 0.3) is 0 Å². The number of carbonyl (C=O) groups is 3. The molecule has 2 aromatic carbocycles. The molecule has 0 heterocycles. The molecule has 0 aromatic heterocycles. The van der Waals surface area contributed by atoms with Crippen LogP contribution in [0.3, 0.4) is 0 Å². The summed E-state index contributed by atoms with van der Waals surface area (Å²) in [5, 5.41) is 18.0. The van der Waals surface area contributed by atoms with E-state index in [0.717, 1.165) is 88.2 Å². The predicted octanol–water partition coefficient (Wildman–Crippen LogP) is 7.31. The van der Waals surface area contributed by atoms with Crippen molar-refractivity contribution in [3.05, 3.63) is 54.1 Å². The molecule has 0 aliphatic carbocycles. The van der Waals surface area contributed by atoms with E-state index in [-0.39, 0.29) is 24.1 Å². The lowest BCUT2D eigenvalue weighted by Gasteiger charge is -2.07. The van der Waals surface area contributed by atoms with E-state index >= 15 is 0 Å². The van der Waals surface area contributed by atoms with Gasteiger partial charge in [-0.1, -0.05) is 62.8 Å². The molecule has 2 aromatic rings. The number of rotatable bonds is 20. The van der Waals surface area contributed by atoms with Crippen LogP contribution in [-0.4, -0.2) is 41.3 Å². The SMILES string of the molecule is O=C(O)CCCCCCCCCCC(=O)OCCCCCCOC(=O)c1ccc(-c2ccc(O)cc2)cc1. The van der Waals surface area contributed by atoms with Crippen molar-refractivity contribution in [1.29, 1.82) is 0 Å². The van der Waals surface area contributed by atoms with Crippen LogP contribution in [0.2, 0.25) is 0 Å². The molecule has 0 saturated heterocycles. The topological polar surface area (TPSA) is 110 Å². The van der Waals surface area contributed by atoms with E-state index in [0.29, 0.717) is 25.2 Å². The maximum Gasteiger partial charge on any atom is 0.338 e. The van der Waals surface area contributed by atoms with Gasteiger partial charge in [-0.2, -0.15) is 0 Å². The number of carbonyl (C=O) groups excluding carboxylic acids is 2. The maximum atomic E-state index is 12.2. The van der Waals surface area contributed by atoms with Gasteiger partial charge in [0.05, 0.1) is 18.8 Å². The number of hydrogen-bond donors (Lipinski definition) is 2. The summed E-state index contributed by atoms with van der Waals surface area (Å²) in [6.07, 6.45) is 12.2. The van der Waals surface area contributed by atoms with Crippen molar-refractivity contribution >= 4 is 17.9 Å². The zero-order valence-corrected chi connectivity index (χ0v) is 22.4. The van der Waals surface area contributed by atoms with E-state index in [2.05, 4.69) is 0 Å². The average Bonchev–Trinajstić information content (AvgIpc) is 2.91. The van der Waals surface area contributed by atoms with Crippen LogP contribution in [0.15, 0.2) is 48.5 Å². The van der Waals surface area contributed by atoms with E-state index in [4.69, 9.17) is 14.6 Å². The van der Waals surface area contributed by atoms with Crippen molar-refractivity contribution in [2.24, 2.45) is 0 Å². The Balaban J connectivity index is 1.40. The molecule has 0 atom stereocenters. The number of carboxylic acids is 1. The molecule has 0 saturated carbocycles. The largest absolute Gasteiger partial charge is 0.508 e. The minimum atomic E-state index is -0.720. The van der Waals surface area contributed by atoms with E-state index < -0.39 is 5.97 Å². The number of aliphatic carboxylic acids is 1. The lowest BCUT2D eigenvalue weighted by Crippen LogP contribution is -2.07. The van der Waals surface area contributed by atoms with Crippen molar-refractivity contribution in [3.63, 3.8) is 0 Å². The number of unbranched alkanes of at least 4 members (excludes halogenated alkanes) is 10. The van der Waals surface area contributed by atoms with Crippen LogP contribution >= 0.6 is 0 Å². The molecule has 2 rings (SSSR count). The number of esters is 2. The van der Waals surface area contributed by atoms with Crippen LogP contribution in [0, 0.1) is 0 Å². The van der Waals surface area contributed by atoms with E-state index in [9.17, 15) is 19.5 Å². The van der Waals surface area contributed by atoms with Crippen molar-refractivity contribution in [2.75, 3.05) is 13.2 Å². The van der Waals surface area contributed by atoms with Gasteiger partial charge in [-0.3, -0.25) is 9.59 Å². The molecule has 2 N–H and O–H groups in total. The molecular formula is C31H42O7. The summed E-state index contributed by atoms with van der Waals surface area (Å²) in [5.41, 5.74) is 2.43. The third-order valence-electron chi connectivity index (χ3n) is 6.38. The molecule has 0 amide bonds. The Hall–Kier alpha value is -3.35. The summed E-state index contributed by atoms with van der Waals surface area (Å²) >= 11 is 0. The summed E-state index contributed by atoms with van der Waals surface area (Å²) in [7, 11) is 0. The van der Waals surface area contributed by atoms with Gasteiger partial charge in [0.2, 0.25) is 0 Å². The fraction of sp³-hybridized carbons (Fsp3) is 0.516. The molecule has 0 aliphatic rings. The van der Waals surface area contributed by atoms with Crippen LogP contribution < -0.4 is 0 Å². The number of phenols is 1. The molecule has 0 fully saturated rings. The summed E-state index contributed by atoms with van der Waals surface area (Å²) in [6, 6.07) is 14.1. The number of benzene rings is 2. The Morgan fingerprint density at radius 3 is 1.55 bits per heavy atom. The smallest absolute Gasteiger partial charge is 0.338 e. The van der Waals surface area contributed by atoms with Crippen molar-refractivity contribution in [1.82, 2.24) is 0 Å². The highest BCUT2D eigenvalue weighted by Gasteiger charge is 2.08. The molecule has 0 bridgehead atoms. The van der Waals surface area contributed by atoms with Gasteiger partial charge in [-0.15, -0.1) is 0 Å². The van der Waals surface area contributed by atoms with Crippen molar-refractivity contribution in [2.45, 2.75) is 89.9 Å². The second kappa shape index (κ2) is 18.8. The number of phenolic OH excluding ortho intramolecular Hbond substituents is 1. The number of ether oxygens (including phenoxy) is 2. The molecule has 208 valence electrons. The molecule has 0 spiro atoms. The first-order chi connectivity index (χ1) is 18.5. The third-order valence-corrected chi connectivity index (χ3v) is 6.38. The fourth-order valence-corrected chi connectivity index (χ4v) is 4.12. The second-order valence-corrected chi connectivity index (χ2v) is 9.62. The Morgan fingerprint density at radius 1 is 0.553 bits per heavy atom. The van der Waals surface area contributed by atoms with Crippen molar-refractivity contribution < 1.29 is 34.1 Å². The number of hydrogen-bond acceptors (Lipinski definition) is 6. The maximum absolute atomic E-state index is 12.2. The van der Waals surface area contributed by atoms with Gasteiger partial charge in [0.1, 0.15) is 5.75 Å². The molecule has 7 heteroatoms. The summed E-state index contributed by atoms with van der Waals surface area (Å²) in [5.74, 6) is -0.980. The fourth-order valence-electron chi connectivity index (χ4n) is 4.12. The van der Waals surface area contributed by atoms with Crippen LogP contribution in [0.1, 0.15) is 100 Å². The predicted molar refractivity (Wildman–Crippen MR) is 147 cm³/mol. The highest BCUT2D eigenvalue weighted by molar-refractivity contribution is 5.90. The second-order valence-electron chi connectivity index (χ2n) is 9.62. The van der Waals surface area contributed by atoms with Crippen LogP contribution in [0.4, 0.5) is 0 Å². The van der Waals surface area contributed by atoms with E-state index in [1.54, 1.807) is 24.3 Å². The van der Waals surface area contributed by atoms with Crippen LogP contribution in [0.25, 0.3) is 11.1 Å². The van der Waals surface area contributed by atoms with Gasteiger partial charge < -0.3 is 19.7 Å². The first kappa shape index (κ1) is 30.9. The Bertz CT molecular complexity index is 951. The monoisotopic (exact) mass is 526 g/mol. The molecule has 0 radical (unpaired) electrons. The van der Waals surface area contributed by atoms with Gasteiger partial charge in [-0.05, 0) is 73.9 Å². The third kappa shape index (κ3) is 13.8. The standard InChI is InChI=1S/C31H42O7/c32-28-21-19-26(20-22-28)25-15-17-27(18-16-25)31(36)38-24-12-8-7-11-23-37-30(35)14-10-6-4-2-1-3-5-9-13-29(33)34/h15-22,32H,1-14,23-24H2,(H,33,34). The summed E-state index contributed by atoms with van der Waals surface area (Å²) in [6.45, 7) is 0.795. The highest BCUT2D eigenvalue weighted by Crippen LogP contribution is 2.22. The van der Waals surface area contributed by atoms with Gasteiger partial charge in [-0.25, -0.2) is 4.79 Å². The minimum Gasteiger partial charge on any atom is -0.508 e. The summed E-state index contributed by atoms with van der Waals surface area (Å²) in [4.78, 5) is 34.5. The zero-order valence-electron chi connectivity index (χ0n) is 22.4. The Kier molecular flexibility index (Phi) is 15.3. The molecule has 0 aliphatic heterocycles. The molecular weight excluding hydrogens is 484 g/mol. The zero-order chi connectivity index (χ0) is 27.4. The average molecular weight is 527 g/mol. The van der Waals surface area contributed by atoms with Gasteiger partial charge >= 0.3 is 17.9 Å². The van der Waals surface area contributed by atoms with Crippen LogP contribution in [0.5, 0.6) is 5.75 Å². The number of carboxylic acid groups (broad SMARTS) is 1. The van der Waals surface area contributed by atoms with E-state index in [1.165, 1.54) is 0 Å². The first-order valence-corrected chi connectivity index (χ1v) is 13.9.